The van der Waals surface area contributed by atoms with Crippen molar-refractivity contribution in [3.63, 3.8) is 0 Å². The predicted octanol–water partition coefficient (Wildman–Crippen LogP) is 2.41. The first-order valence-electron chi connectivity index (χ1n) is 7.75. The Morgan fingerprint density at radius 1 is 1.33 bits per heavy atom. The van der Waals surface area contributed by atoms with E-state index in [9.17, 15) is 4.79 Å². The van der Waals surface area contributed by atoms with Gasteiger partial charge in [-0.1, -0.05) is 20.3 Å². The van der Waals surface area contributed by atoms with E-state index in [4.69, 9.17) is 0 Å². The summed E-state index contributed by atoms with van der Waals surface area (Å²) in [5.74, 6) is 1.38. The molecule has 2 saturated heterocycles. The van der Waals surface area contributed by atoms with Crippen LogP contribution in [0.1, 0.15) is 52.4 Å². The molecule has 0 aliphatic carbocycles. The molecule has 0 bridgehead atoms. The summed E-state index contributed by atoms with van der Waals surface area (Å²) < 4.78 is 0. The van der Waals surface area contributed by atoms with Gasteiger partial charge in [-0.15, -0.1) is 0 Å². The van der Waals surface area contributed by atoms with Crippen LogP contribution in [-0.2, 0) is 4.79 Å². The summed E-state index contributed by atoms with van der Waals surface area (Å²) in [6, 6.07) is 0.541. The standard InChI is InChI=1S/C15H28N2O/c1-3-5-12(2)15(18)17-11-4-6-14(17)13-7-9-16-10-8-13/h12-14,16H,3-11H2,1-2H3. The van der Waals surface area contributed by atoms with Crippen LogP contribution in [0.4, 0.5) is 0 Å². The SMILES string of the molecule is CCCC(C)C(=O)N1CCCC1C1CCNCC1. The molecular weight excluding hydrogens is 224 g/mol. The van der Waals surface area contributed by atoms with Crippen molar-refractivity contribution in [3.8, 4) is 0 Å². The maximum atomic E-state index is 12.5. The van der Waals surface area contributed by atoms with Gasteiger partial charge in [-0.2, -0.15) is 0 Å². The monoisotopic (exact) mass is 252 g/mol. The quantitative estimate of drug-likeness (QED) is 0.833. The van der Waals surface area contributed by atoms with Crippen LogP contribution in [0.5, 0.6) is 0 Å². The third-order valence-corrected chi connectivity index (χ3v) is 4.65. The molecule has 2 unspecified atom stereocenters. The van der Waals surface area contributed by atoms with Crippen LogP contribution in [0, 0.1) is 11.8 Å². The number of piperidine rings is 1. The van der Waals surface area contributed by atoms with E-state index in [1.165, 1.54) is 25.7 Å². The van der Waals surface area contributed by atoms with Gasteiger partial charge in [-0.3, -0.25) is 4.79 Å². The van der Waals surface area contributed by atoms with Crippen molar-refractivity contribution in [3.05, 3.63) is 0 Å². The lowest BCUT2D eigenvalue weighted by molar-refractivity contribution is -0.137. The lowest BCUT2D eigenvalue weighted by atomic mass is 9.88. The third kappa shape index (κ3) is 3.05. The Labute approximate surface area is 111 Å². The Kier molecular flexibility index (Phi) is 5.04. The number of amides is 1. The van der Waals surface area contributed by atoms with E-state index < -0.39 is 0 Å². The van der Waals surface area contributed by atoms with E-state index >= 15 is 0 Å². The molecule has 18 heavy (non-hydrogen) atoms. The first-order valence-corrected chi connectivity index (χ1v) is 7.75. The third-order valence-electron chi connectivity index (χ3n) is 4.65. The minimum atomic E-state index is 0.220. The van der Waals surface area contributed by atoms with Crippen LogP contribution in [0.25, 0.3) is 0 Å². The molecule has 2 heterocycles. The van der Waals surface area contributed by atoms with Crippen molar-refractivity contribution in [1.29, 1.82) is 0 Å². The highest BCUT2D eigenvalue weighted by atomic mass is 16.2. The average Bonchev–Trinajstić information content (AvgIpc) is 2.88. The second kappa shape index (κ2) is 6.55. The number of nitrogens with one attached hydrogen (secondary N) is 1. The molecule has 0 aromatic rings. The van der Waals surface area contributed by atoms with Crippen molar-refractivity contribution >= 4 is 5.91 Å². The highest BCUT2D eigenvalue weighted by Crippen LogP contribution is 2.31. The van der Waals surface area contributed by atoms with Crippen molar-refractivity contribution in [2.24, 2.45) is 11.8 Å². The fraction of sp³-hybridized carbons (Fsp3) is 0.933. The molecule has 2 atom stereocenters. The maximum absolute atomic E-state index is 12.5. The van der Waals surface area contributed by atoms with Crippen LogP contribution in [-0.4, -0.2) is 36.5 Å². The molecular formula is C15H28N2O. The molecule has 3 nitrogen and oxygen atoms in total. The summed E-state index contributed by atoms with van der Waals surface area (Å²) in [6.45, 7) is 7.53. The minimum absolute atomic E-state index is 0.220. The zero-order chi connectivity index (χ0) is 13.0. The first kappa shape index (κ1) is 13.9. The number of nitrogens with zero attached hydrogens (tertiary/aromatic N) is 1. The topological polar surface area (TPSA) is 32.3 Å². The number of hydrogen-bond donors (Lipinski definition) is 1. The molecule has 104 valence electrons. The maximum Gasteiger partial charge on any atom is 0.225 e. The number of hydrogen-bond acceptors (Lipinski definition) is 2. The summed E-state index contributed by atoms with van der Waals surface area (Å²) in [6.07, 6.45) is 7.08. The summed E-state index contributed by atoms with van der Waals surface area (Å²) in [5, 5.41) is 3.42. The summed E-state index contributed by atoms with van der Waals surface area (Å²) in [5.41, 5.74) is 0. The van der Waals surface area contributed by atoms with E-state index in [2.05, 4.69) is 24.1 Å². The number of rotatable bonds is 4. The van der Waals surface area contributed by atoms with Gasteiger partial charge >= 0.3 is 0 Å². The molecule has 1 N–H and O–H groups in total. The Hall–Kier alpha value is -0.570. The van der Waals surface area contributed by atoms with Crippen LogP contribution in [0.2, 0.25) is 0 Å². The van der Waals surface area contributed by atoms with E-state index in [1.54, 1.807) is 0 Å². The number of carbonyl (C=O) groups is 1. The number of likely N-dealkylation sites (tertiary alicyclic amines) is 1. The second-order valence-corrected chi connectivity index (χ2v) is 6.02. The lowest BCUT2D eigenvalue weighted by Gasteiger charge is -2.35. The smallest absolute Gasteiger partial charge is 0.225 e. The van der Waals surface area contributed by atoms with Crippen LogP contribution < -0.4 is 5.32 Å². The minimum Gasteiger partial charge on any atom is -0.339 e. The molecule has 0 spiro atoms. The van der Waals surface area contributed by atoms with Crippen LogP contribution >= 0.6 is 0 Å². The molecule has 1 amide bonds. The molecule has 2 aliphatic rings. The summed E-state index contributed by atoms with van der Waals surface area (Å²) in [4.78, 5) is 14.7. The molecule has 0 aromatic carbocycles. The average molecular weight is 252 g/mol. The van der Waals surface area contributed by atoms with Gasteiger partial charge in [0.05, 0.1) is 0 Å². The van der Waals surface area contributed by atoms with Crippen molar-refractivity contribution in [2.45, 2.75) is 58.4 Å². The first-order chi connectivity index (χ1) is 8.74. The Balaban J connectivity index is 1.95. The molecule has 2 fully saturated rings. The fourth-order valence-corrected chi connectivity index (χ4v) is 3.62. The summed E-state index contributed by atoms with van der Waals surface area (Å²) >= 11 is 0. The fourth-order valence-electron chi connectivity index (χ4n) is 3.62. The molecule has 0 saturated carbocycles. The lowest BCUT2D eigenvalue weighted by Crippen LogP contribution is -2.45. The molecule has 2 aliphatic heterocycles. The second-order valence-electron chi connectivity index (χ2n) is 6.02. The Bertz CT molecular complexity index is 274. The van der Waals surface area contributed by atoms with Gasteiger partial charge in [0.25, 0.3) is 0 Å². The zero-order valence-electron chi connectivity index (χ0n) is 12.0. The van der Waals surface area contributed by atoms with Gasteiger partial charge in [0.2, 0.25) is 5.91 Å². The Morgan fingerprint density at radius 2 is 2.06 bits per heavy atom. The summed E-state index contributed by atoms with van der Waals surface area (Å²) in [7, 11) is 0. The van der Waals surface area contributed by atoms with Crippen LogP contribution in [0.15, 0.2) is 0 Å². The van der Waals surface area contributed by atoms with E-state index in [-0.39, 0.29) is 5.92 Å². The van der Waals surface area contributed by atoms with Gasteiger partial charge in [0.15, 0.2) is 0 Å². The van der Waals surface area contributed by atoms with Gasteiger partial charge in [-0.05, 0) is 51.1 Å². The van der Waals surface area contributed by atoms with Crippen molar-refractivity contribution < 1.29 is 4.79 Å². The largest absolute Gasteiger partial charge is 0.339 e. The molecule has 0 aromatic heterocycles. The number of carbonyl (C=O) groups excluding carboxylic acids is 1. The van der Waals surface area contributed by atoms with E-state index in [0.717, 1.165) is 38.4 Å². The van der Waals surface area contributed by atoms with Crippen molar-refractivity contribution in [2.75, 3.05) is 19.6 Å². The highest BCUT2D eigenvalue weighted by Gasteiger charge is 2.36. The van der Waals surface area contributed by atoms with Gasteiger partial charge < -0.3 is 10.2 Å². The van der Waals surface area contributed by atoms with E-state index in [0.29, 0.717) is 11.9 Å². The Morgan fingerprint density at radius 3 is 2.72 bits per heavy atom. The molecule has 2 rings (SSSR count). The zero-order valence-corrected chi connectivity index (χ0v) is 12.0. The van der Waals surface area contributed by atoms with Crippen molar-refractivity contribution in [1.82, 2.24) is 10.2 Å². The molecule has 0 radical (unpaired) electrons. The van der Waals surface area contributed by atoms with Gasteiger partial charge in [-0.25, -0.2) is 0 Å². The van der Waals surface area contributed by atoms with E-state index in [1.807, 2.05) is 0 Å². The normalized spacial score (nSPS) is 27.4. The van der Waals surface area contributed by atoms with Gasteiger partial charge in [0.1, 0.15) is 0 Å². The predicted molar refractivity (Wildman–Crippen MR) is 74.4 cm³/mol. The highest BCUT2D eigenvalue weighted by molar-refractivity contribution is 5.79. The van der Waals surface area contributed by atoms with Crippen LogP contribution in [0.3, 0.4) is 0 Å². The van der Waals surface area contributed by atoms with Gasteiger partial charge in [0, 0.05) is 18.5 Å². The molecule has 3 heteroatoms.